The van der Waals surface area contributed by atoms with Crippen molar-refractivity contribution in [2.75, 3.05) is 7.05 Å². The van der Waals surface area contributed by atoms with Gasteiger partial charge in [0.25, 0.3) is 0 Å². The molecule has 0 aromatic carbocycles. The van der Waals surface area contributed by atoms with E-state index in [1.165, 1.54) is 15.3 Å². The van der Waals surface area contributed by atoms with E-state index in [1.54, 1.807) is 0 Å². The Morgan fingerprint density at radius 1 is 1.47 bits per heavy atom. The summed E-state index contributed by atoms with van der Waals surface area (Å²) in [6.45, 7) is 3.03. The van der Waals surface area contributed by atoms with Crippen molar-refractivity contribution in [2.45, 2.75) is 19.9 Å². The summed E-state index contributed by atoms with van der Waals surface area (Å²) in [7, 11) is 1.95. The lowest BCUT2D eigenvalue weighted by Crippen LogP contribution is -2.04. The molecule has 80 valence electrons. The highest BCUT2D eigenvalue weighted by Gasteiger charge is 2.08. The number of aryl methyl sites for hydroxylation is 1. The summed E-state index contributed by atoms with van der Waals surface area (Å²) in [4.78, 5) is 2.68. The molecule has 15 heavy (non-hydrogen) atoms. The molecule has 3 nitrogen and oxygen atoms in total. The number of nitrogens with one attached hydrogen (secondary N) is 2. The van der Waals surface area contributed by atoms with Crippen LogP contribution in [0.1, 0.15) is 17.4 Å². The Hall–Kier alpha value is -1.13. The number of H-pyrrole nitrogens is 1. The Labute approximate surface area is 93.5 Å². The molecule has 0 fully saturated rings. The van der Waals surface area contributed by atoms with Crippen molar-refractivity contribution in [3.8, 4) is 10.6 Å². The van der Waals surface area contributed by atoms with Crippen LogP contribution in [0.4, 0.5) is 0 Å². The van der Waals surface area contributed by atoms with Crippen LogP contribution in [0, 0.1) is 0 Å². The van der Waals surface area contributed by atoms with Gasteiger partial charge in [-0.15, -0.1) is 11.3 Å². The molecule has 2 aromatic rings. The fourth-order valence-electron chi connectivity index (χ4n) is 1.55. The van der Waals surface area contributed by atoms with Gasteiger partial charge in [-0.3, -0.25) is 5.10 Å². The standard InChI is InChI=1S/C11H15N3S/c1-3-9-4-5-10(15-9)11-8(6-12-2)7-13-14-11/h4-5,7,12H,3,6H2,1-2H3,(H,13,14). The molecule has 0 aliphatic carbocycles. The van der Waals surface area contributed by atoms with Gasteiger partial charge in [-0.1, -0.05) is 6.92 Å². The highest BCUT2D eigenvalue weighted by Crippen LogP contribution is 2.29. The molecule has 2 rings (SSSR count). The predicted octanol–water partition coefficient (Wildman–Crippen LogP) is 2.42. The van der Waals surface area contributed by atoms with Gasteiger partial charge >= 0.3 is 0 Å². The highest BCUT2D eigenvalue weighted by molar-refractivity contribution is 7.15. The number of hydrogen-bond donors (Lipinski definition) is 2. The van der Waals surface area contributed by atoms with Crippen LogP contribution in [0.15, 0.2) is 18.3 Å². The number of thiophene rings is 1. The maximum Gasteiger partial charge on any atom is 0.0794 e. The lowest BCUT2D eigenvalue weighted by atomic mass is 10.2. The molecular formula is C11H15N3S. The first-order valence-electron chi connectivity index (χ1n) is 5.11. The van der Waals surface area contributed by atoms with Gasteiger partial charge in [0, 0.05) is 17.0 Å². The lowest BCUT2D eigenvalue weighted by molar-refractivity contribution is 0.820. The second-order valence-electron chi connectivity index (χ2n) is 3.42. The van der Waals surface area contributed by atoms with E-state index in [9.17, 15) is 0 Å². The summed E-state index contributed by atoms with van der Waals surface area (Å²) in [5.41, 5.74) is 2.37. The third-order valence-corrected chi connectivity index (χ3v) is 3.59. The third-order valence-electron chi connectivity index (χ3n) is 2.34. The molecule has 0 bridgehead atoms. The molecule has 0 saturated heterocycles. The predicted molar refractivity (Wildman–Crippen MR) is 64.0 cm³/mol. The van der Waals surface area contributed by atoms with E-state index in [4.69, 9.17) is 0 Å². The summed E-state index contributed by atoms with van der Waals surface area (Å²) in [6, 6.07) is 4.35. The first kappa shape index (κ1) is 10.4. The molecule has 4 heteroatoms. The van der Waals surface area contributed by atoms with Gasteiger partial charge in [0.05, 0.1) is 16.8 Å². The Balaban J connectivity index is 2.31. The molecule has 2 N–H and O–H groups in total. The van der Waals surface area contributed by atoms with Gasteiger partial charge < -0.3 is 5.32 Å². The molecule has 0 radical (unpaired) electrons. The van der Waals surface area contributed by atoms with Crippen molar-refractivity contribution in [1.29, 1.82) is 0 Å². The van der Waals surface area contributed by atoms with Gasteiger partial charge in [0.1, 0.15) is 0 Å². The number of aromatic amines is 1. The Morgan fingerprint density at radius 2 is 2.33 bits per heavy atom. The number of aromatic nitrogens is 2. The molecule has 0 amide bonds. The Kier molecular flexibility index (Phi) is 3.18. The van der Waals surface area contributed by atoms with Crippen LogP contribution in [0.5, 0.6) is 0 Å². The number of hydrogen-bond acceptors (Lipinski definition) is 3. The van der Waals surface area contributed by atoms with Crippen LogP contribution in [-0.4, -0.2) is 17.2 Å². The van der Waals surface area contributed by atoms with Gasteiger partial charge in [0.15, 0.2) is 0 Å². The SMILES string of the molecule is CCc1ccc(-c2[nH]ncc2CNC)s1. The smallest absolute Gasteiger partial charge is 0.0794 e. The van der Waals surface area contributed by atoms with Gasteiger partial charge in [-0.2, -0.15) is 5.10 Å². The van der Waals surface area contributed by atoms with Crippen molar-refractivity contribution in [1.82, 2.24) is 15.5 Å². The average molecular weight is 221 g/mol. The van der Waals surface area contributed by atoms with Gasteiger partial charge in [-0.25, -0.2) is 0 Å². The molecule has 2 heterocycles. The van der Waals surface area contributed by atoms with E-state index in [0.29, 0.717) is 0 Å². The summed E-state index contributed by atoms with van der Waals surface area (Å²) in [5, 5.41) is 10.3. The van der Waals surface area contributed by atoms with E-state index < -0.39 is 0 Å². The lowest BCUT2D eigenvalue weighted by Gasteiger charge is -1.98. The molecule has 0 saturated carbocycles. The van der Waals surface area contributed by atoms with E-state index in [2.05, 4.69) is 34.6 Å². The molecule has 0 atom stereocenters. The minimum atomic E-state index is 0.852. The first-order chi connectivity index (χ1) is 7.35. The highest BCUT2D eigenvalue weighted by atomic mass is 32.1. The zero-order valence-electron chi connectivity index (χ0n) is 9.00. The topological polar surface area (TPSA) is 40.7 Å². The minimum absolute atomic E-state index is 0.852. The van der Waals surface area contributed by atoms with Crippen molar-refractivity contribution in [2.24, 2.45) is 0 Å². The van der Waals surface area contributed by atoms with Crippen LogP contribution >= 0.6 is 11.3 Å². The second kappa shape index (κ2) is 4.59. The van der Waals surface area contributed by atoms with Crippen LogP contribution in [0.3, 0.4) is 0 Å². The van der Waals surface area contributed by atoms with Gasteiger partial charge in [0.2, 0.25) is 0 Å². The molecular weight excluding hydrogens is 206 g/mol. The van der Waals surface area contributed by atoms with Crippen LogP contribution in [0.2, 0.25) is 0 Å². The third kappa shape index (κ3) is 2.11. The fourth-order valence-corrected chi connectivity index (χ4v) is 2.53. The van der Waals surface area contributed by atoms with Crippen LogP contribution in [-0.2, 0) is 13.0 Å². The maximum atomic E-state index is 4.09. The summed E-state index contributed by atoms with van der Waals surface area (Å²) in [6.07, 6.45) is 2.98. The summed E-state index contributed by atoms with van der Waals surface area (Å²) < 4.78 is 0. The average Bonchev–Trinajstić information content (AvgIpc) is 2.85. The van der Waals surface area contributed by atoms with E-state index in [-0.39, 0.29) is 0 Å². The summed E-state index contributed by atoms with van der Waals surface area (Å²) in [5.74, 6) is 0. The number of rotatable bonds is 4. The summed E-state index contributed by atoms with van der Waals surface area (Å²) >= 11 is 1.83. The van der Waals surface area contributed by atoms with E-state index in [0.717, 1.165) is 18.7 Å². The maximum absolute atomic E-state index is 4.09. The Morgan fingerprint density at radius 3 is 3.00 bits per heavy atom. The van der Waals surface area contributed by atoms with Gasteiger partial charge in [-0.05, 0) is 25.6 Å². The monoisotopic (exact) mass is 221 g/mol. The molecule has 0 unspecified atom stereocenters. The van der Waals surface area contributed by atoms with E-state index in [1.807, 2.05) is 24.6 Å². The number of nitrogens with zero attached hydrogens (tertiary/aromatic N) is 1. The van der Waals surface area contributed by atoms with E-state index >= 15 is 0 Å². The zero-order chi connectivity index (χ0) is 10.7. The molecule has 0 aliphatic heterocycles. The molecule has 0 aliphatic rings. The zero-order valence-corrected chi connectivity index (χ0v) is 9.82. The fraction of sp³-hybridized carbons (Fsp3) is 0.364. The second-order valence-corrected chi connectivity index (χ2v) is 4.59. The molecule has 2 aromatic heterocycles. The first-order valence-corrected chi connectivity index (χ1v) is 5.92. The largest absolute Gasteiger partial charge is 0.316 e. The van der Waals surface area contributed by atoms with Crippen molar-refractivity contribution < 1.29 is 0 Å². The Bertz CT molecular complexity index is 430. The van der Waals surface area contributed by atoms with Crippen molar-refractivity contribution >= 4 is 11.3 Å². The molecule has 0 spiro atoms. The van der Waals surface area contributed by atoms with Crippen LogP contribution in [0.25, 0.3) is 10.6 Å². The van der Waals surface area contributed by atoms with Crippen molar-refractivity contribution in [3.63, 3.8) is 0 Å². The quantitative estimate of drug-likeness (QED) is 0.832. The normalized spacial score (nSPS) is 10.8. The minimum Gasteiger partial charge on any atom is -0.316 e. The van der Waals surface area contributed by atoms with Crippen LogP contribution < -0.4 is 5.32 Å². The van der Waals surface area contributed by atoms with Crippen molar-refractivity contribution in [3.05, 3.63) is 28.8 Å².